The van der Waals surface area contributed by atoms with Crippen molar-refractivity contribution in [2.75, 3.05) is 6.54 Å². The summed E-state index contributed by atoms with van der Waals surface area (Å²) in [6, 6.07) is 12.5. The summed E-state index contributed by atoms with van der Waals surface area (Å²) in [4.78, 5) is 35.1. The molecule has 52 heavy (non-hydrogen) atoms. The lowest BCUT2D eigenvalue weighted by atomic mass is 9.89. The van der Waals surface area contributed by atoms with E-state index in [9.17, 15) is 27.5 Å². The number of carbonyl (C=O) groups is 2. The molecule has 7 rings (SSSR count). The molecule has 0 unspecified atom stereocenters. The molecule has 10 nitrogen and oxygen atoms in total. The highest BCUT2D eigenvalue weighted by molar-refractivity contribution is 7.90. The summed E-state index contributed by atoms with van der Waals surface area (Å²) in [6.45, 7) is 6.16. The molecule has 2 aromatic carbocycles. The van der Waals surface area contributed by atoms with Crippen molar-refractivity contribution in [2.45, 2.75) is 121 Å². The summed E-state index contributed by atoms with van der Waals surface area (Å²) >= 11 is 0. The molecule has 6 atom stereocenters. The molecule has 4 aliphatic rings. The van der Waals surface area contributed by atoms with Crippen molar-refractivity contribution in [2.24, 2.45) is 17.3 Å². The number of aromatic nitrogens is 2. The maximum absolute atomic E-state index is 14.7. The van der Waals surface area contributed by atoms with Crippen LogP contribution in [-0.2, 0) is 26.0 Å². The smallest absolute Gasteiger partial charge is 0.297 e. The molecule has 1 aromatic heterocycles. The third-order valence-electron chi connectivity index (χ3n) is 11.5. The van der Waals surface area contributed by atoms with Crippen molar-refractivity contribution in [3.05, 3.63) is 71.6 Å². The van der Waals surface area contributed by atoms with Gasteiger partial charge < -0.3 is 14.7 Å². The zero-order chi connectivity index (χ0) is 36.8. The third kappa shape index (κ3) is 7.64. The molecule has 0 radical (unpaired) electrons. The Morgan fingerprint density at radius 3 is 2.65 bits per heavy atom. The number of nitrogens with one attached hydrogen (secondary N) is 1. The van der Waals surface area contributed by atoms with E-state index in [4.69, 9.17) is 9.72 Å². The Labute approximate surface area is 305 Å². The number of rotatable bonds is 8. The lowest BCUT2D eigenvalue weighted by molar-refractivity contribution is -0.139. The van der Waals surface area contributed by atoms with Crippen LogP contribution in [0.1, 0.15) is 95.2 Å². The fraction of sp³-hybridized carbons (Fsp3) is 0.575. The highest BCUT2D eigenvalue weighted by Gasteiger charge is 2.61. The van der Waals surface area contributed by atoms with Gasteiger partial charge in [-0.3, -0.25) is 18.9 Å². The number of carbonyl (C=O) groups excluding carboxylic acids is 2. The fourth-order valence-electron chi connectivity index (χ4n) is 8.51. The Morgan fingerprint density at radius 1 is 1.12 bits per heavy atom. The predicted octanol–water partition coefficient (Wildman–Crippen LogP) is 6.16. The van der Waals surface area contributed by atoms with Crippen LogP contribution in [0.2, 0.25) is 0 Å². The summed E-state index contributed by atoms with van der Waals surface area (Å²) < 4.78 is 51.3. The summed E-state index contributed by atoms with van der Waals surface area (Å²) in [6.07, 6.45) is 8.62. The lowest BCUT2D eigenvalue weighted by Gasteiger charge is -2.33. The molecule has 1 saturated heterocycles. The molecule has 0 bridgehead atoms. The molecule has 2 saturated carbocycles. The van der Waals surface area contributed by atoms with Crippen LogP contribution in [0.3, 0.4) is 0 Å². The number of imidazole rings is 1. The summed E-state index contributed by atoms with van der Waals surface area (Å²) in [5.74, 6) is -1.72. The van der Waals surface area contributed by atoms with E-state index in [0.717, 1.165) is 47.8 Å². The Balaban J connectivity index is 1.21. The van der Waals surface area contributed by atoms with Gasteiger partial charge in [-0.15, -0.1) is 0 Å². The number of allylic oxidation sites excluding steroid dienone is 2. The van der Waals surface area contributed by atoms with Crippen molar-refractivity contribution in [3.8, 4) is 6.01 Å². The molecule has 2 aliphatic heterocycles. The predicted molar refractivity (Wildman–Crippen MR) is 196 cm³/mol. The second kappa shape index (κ2) is 14.6. The van der Waals surface area contributed by atoms with Crippen LogP contribution in [0.25, 0.3) is 11.0 Å². The SMILES string of the molecule is Cc1cc(F)cc(C[C@H]2CCCCC/C=C\[C@@H]3C[C@@]3(C(=O)NS(=O)(=O)C3CC3)C[C@H](O)[C@@H]3C[C@@H](Oc4nc5ccccc5n4C(C)C)CN3C2=O)c1. The van der Waals surface area contributed by atoms with Gasteiger partial charge in [0.05, 0.1) is 40.4 Å². The van der Waals surface area contributed by atoms with Gasteiger partial charge in [-0.25, -0.2) is 12.8 Å². The first-order chi connectivity index (χ1) is 24.8. The molecule has 2 N–H and O–H groups in total. The van der Waals surface area contributed by atoms with Crippen molar-refractivity contribution >= 4 is 32.9 Å². The first-order valence-corrected chi connectivity index (χ1v) is 20.5. The number of hydrogen-bond donors (Lipinski definition) is 2. The minimum absolute atomic E-state index is 0.00740. The van der Waals surface area contributed by atoms with E-state index in [2.05, 4.69) is 24.6 Å². The maximum atomic E-state index is 14.7. The molecule has 280 valence electrons. The molecule has 12 heteroatoms. The first-order valence-electron chi connectivity index (χ1n) is 19.0. The van der Waals surface area contributed by atoms with Crippen molar-refractivity contribution in [1.82, 2.24) is 19.2 Å². The zero-order valence-electron chi connectivity index (χ0n) is 30.3. The van der Waals surface area contributed by atoms with Crippen molar-refractivity contribution in [3.63, 3.8) is 0 Å². The van der Waals surface area contributed by atoms with Gasteiger partial charge in [0, 0.05) is 18.4 Å². The summed E-state index contributed by atoms with van der Waals surface area (Å²) in [7, 11) is -3.79. The number of sulfonamides is 1. The Kier molecular flexibility index (Phi) is 10.3. The summed E-state index contributed by atoms with van der Waals surface area (Å²) in [5, 5.41) is 11.6. The van der Waals surface area contributed by atoms with Crippen LogP contribution in [0.15, 0.2) is 54.6 Å². The van der Waals surface area contributed by atoms with Gasteiger partial charge in [0.25, 0.3) is 6.01 Å². The van der Waals surface area contributed by atoms with Gasteiger partial charge in [0.2, 0.25) is 21.8 Å². The molecular formula is C40H51FN4O6S. The van der Waals surface area contributed by atoms with E-state index in [0.29, 0.717) is 44.5 Å². The second-order valence-electron chi connectivity index (χ2n) is 15.9. The molecule has 2 amide bonds. The number of fused-ring (bicyclic) bond motifs is 3. The van der Waals surface area contributed by atoms with E-state index in [1.807, 2.05) is 47.9 Å². The number of ether oxygens (including phenoxy) is 1. The number of aliphatic hydroxyl groups excluding tert-OH is 1. The van der Waals surface area contributed by atoms with Crippen LogP contribution in [-0.4, -0.2) is 69.8 Å². The Hall–Kier alpha value is -3.77. The summed E-state index contributed by atoms with van der Waals surface area (Å²) in [5.41, 5.74) is 2.16. The highest BCUT2D eigenvalue weighted by atomic mass is 32.2. The quantitative estimate of drug-likeness (QED) is 0.265. The minimum atomic E-state index is -3.79. The second-order valence-corrected chi connectivity index (χ2v) is 17.9. The normalized spacial score (nSPS) is 29.2. The van der Waals surface area contributed by atoms with Crippen LogP contribution in [0, 0.1) is 30.0 Å². The van der Waals surface area contributed by atoms with E-state index in [1.165, 1.54) is 12.1 Å². The number of para-hydroxylation sites is 2. The monoisotopic (exact) mass is 734 g/mol. The van der Waals surface area contributed by atoms with E-state index in [1.54, 1.807) is 4.90 Å². The van der Waals surface area contributed by atoms with Crippen LogP contribution in [0.4, 0.5) is 4.39 Å². The average molecular weight is 735 g/mol. The van der Waals surface area contributed by atoms with Gasteiger partial charge in [0.1, 0.15) is 11.9 Å². The lowest BCUT2D eigenvalue weighted by Crippen LogP contribution is -2.48. The van der Waals surface area contributed by atoms with Gasteiger partial charge in [-0.1, -0.05) is 43.2 Å². The van der Waals surface area contributed by atoms with Crippen LogP contribution >= 0.6 is 0 Å². The molecular weight excluding hydrogens is 684 g/mol. The Bertz CT molecular complexity index is 1940. The largest absolute Gasteiger partial charge is 0.459 e. The van der Waals surface area contributed by atoms with Gasteiger partial charge in [-0.05, 0) is 113 Å². The standard InChI is InChI=1S/C40H51FN4O6S/c1-25(2)45-34-14-10-9-13-33(34)42-39(45)51-31-21-35-36(46)23-40(38(48)43-52(49,50)32-15-16-32)22-29(40)12-8-6-4-5-7-11-28(37(47)44(35)24-31)19-27-17-26(3)18-30(41)20-27/h8-10,12-14,17-18,20,25,28-29,31-32,35-36,46H,4-7,11,15-16,19,21-24H2,1-3H3,(H,43,48)/b12-8-/t28-,29-,31-,35+,36+,40-/m1/s1. The first kappa shape index (κ1) is 36.6. The van der Waals surface area contributed by atoms with Gasteiger partial charge >= 0.3 is 0 Å². The highest BCUT2D eigenvalue weighted by Crippen LogP contribution is 2.58. The van der Waals surface area contributed by atoms with E-state index in [-0.39, 0.29) is 36.6 Å². The van der Waals surface area contributed by atoms with E-state index < -0.39 is 50.8 Å². The van der Waals surface area contributed by atoms with Crippen molar-refractivity contribution < 1.29 is 32.2 Å². The Morgan fingerprint density at radius 2 is 1.90 bits per heavy atom. The number of halogens is 1. The topological polar surface area (TPSA) is 131 Å². The number of aryl methyl sites for hydroxylation is 1. The maximum Gasteiger partial charge on any atom is 0.297 e. The van der Waals surface area contributed by atoms with Gasteiger partial charge in [-0.2, -0.15) is 4.98 Å². The zero-order valence-corrected chi connectivity index (χ0v) is 31.2. The molecule has 2 aliphatic carbocycles. The number of aliphatic hydroxyl groups is 1. The molecule has 3 aromatic rings. The van der Waals surface area contributed by atoms with Gasteiger partial charge in [0.15, 0.2) is 0 Å². The number of nitrogens with zero attached hydrogens (tertiary/aromatic N) is 3. The van der Waals surface area contributed by atoms with Crippen LogP contribution < -0.4 is 9.46 Å². The fourth-order valence-corrected chi connectivity index (χ4v) is 9.90. The minimum Gasteiger partial charge on any atom is -0.459 e. The van der Waals surface area contributed by atoms with Crippen molar-refractivity contribution in [1.29, 1.82) is 0 Å². The van der Waals surface area contributed by atoms with Crippen LogP contribution in [0.5, 0.6) is 6.01 Å². The number of hydrogen-bond acceptors (Lipinski definition) is 7. The number of amides is 2. The number of benzene rings is 2. The van der Waals surface area contributed by atoms with E-state index >= 15 is 0 Å². The molecule has 3 fully saturated rings. The molecule has 3 heterocycles. The third-order valence-corrected chi connectivity index (χ3v) is 13.3. The molecule has 0 spiro atoms. The average Bonchev–Trinajstić information content (AvgIpc) is 3.98.